The van der Waals surface area contributed by atoms with Gasteiger partial charge in [-0.1, -0.05) is 24.3 Å². The Morgan fingerprint density at radius 2 is 1.46 bits per heavy atom. The van der Waals surface area contributed by atoms with E-state index in [0.717, 1.165) is 72.8 Å². The Labute approximate surface area is 239 Å². The molecule has 0 fully saturated rings. The highest BCUT2D eigenvalue weighted by Gasteiger charge is 2.17. The van der Waals surface area contributed by atoms with E-state index in [-0.39, 0.29) is 0 Å². The lowest BCUT2D eigenvalue weighted by molar-refractivity contribution is -0.134. The second-order valence-corrected chi connectivity index (χ2v) is 11.1. The fourth-order valence-electron chi connectivity index (χ4n) is 4.77. The molecule has 0 aliphatic carbocycles. The molecule has 5 aromatic rings. The minimum absolute atomic E-state index is 0.409. The number of nitrogens with one attached hydrogen (secondary N) is 3. The number of furan rings is 1. The molecular formula is C30H29N5O5S. The molecule has 0 amide bonds. The predicted molar refractivity (Wildman–Crippen MR) is 161 cm³/mol. The number of fused-ring (bicyclic) bond motifs is 2. The molecule has 0 spiro atoms. The molecule has 0 radical (unpaired) electrons. The quantitative estimate of drug-likeness (QED) is 0.192. The van der Waals surface area contributed by atoms with Gasteiger partial charge in [0, 0.05) is 47.4 Å². The Balaban J connectivity index is 0.000000712. The van der Waals surface area contributed by atoms with Crippen molar-refractivity contribution < 1.29 is 24.5 Å². The number of carboxylic acid groups (broad SMARTS) is 1. The number of benzene rings is 2. The third-order valence-corrected chi connectivity index (χ3v) is 7.87. The molecule has 2 aromatic carbocycles. The van der Waals surface area contributed by atoms with Gasteiger partial charge in [0.15, 0.2) is 0 Å². The van der Waals surface area contributed by atoms with Crippen molar-refractivity contribution in [3.05, 3.63) is 71.8 Å². The van der Waals surface area contributed by atoms with E-state index in [2.05, 4.69) is 68.1 Å². The highest BCUT2D eigenvalue weighted by molar-refractivity contribution is 7.18. The summed E-state index contributed by atoms with van der Waals surface area (Å²) in [6, 6.07) is 20.8. The standard InChI is InChI=1S/C28H25N5O3S.C2H4O2/c34-19-11-29-27(30-12-19)17-3-1-15-7-22(33-21(15)8-17)25-5-6-26(37-25)24-9-16-2-4-18(10-23(16)36-24)28-31-13-20(35)14-32-28;1-2(3)4/h1-10,19-20,33-35H,11-14H2,(H,29,30)(H,31,32);1H3,(H,3,4). The molecule has 5 heterocycles. The number of aromatic nitrogens is 1. The molecule has 10 nitrogen and oxygen atoms in total. The van der Waals surface area contributed by atoms with Gasteiger partial charge in [0.2, 0.25) is 0 Å². The molecule has 210 valence electrons. The number of hydrogen-bond donors (Lipinski definition) is 6. The summed E-state index contributed by atoms with van der Waals surface area (Å²) in [5.74, 6) is 1.60. The number of carboxylic acids is 1. The topological polar surface area (TPSA) is 155 Å². The van der Waals surface area contributed by atoms with Crippen LogP contribution in [0.3, 0.4) is 0 Å². The number of carbonyl (C=O) groups is 1. The zero-order chi connectivity index (χ0) is 28.5. The average Bonchev–Trinajstić information content (AvgIpc) is 3.70. The van der Waals surface area contributed by atoms with Crippen molar-refractivity contribution >= 4 is 50.8 Å². The maximum absolute atomic E-state index is 9.68. The monoisotopic (exact) mass is 571 g/mol. The third-order valence-electron chi connectivity index (χ3n) is 6.73. The summed E-state index contributed by atoms with van der Waals surface area (Å²) in [7, 11) is 0. The summed E-state index contributed by atoms with van der Waals surface area (Å²) in [5.41, 5.74) is 4.87. The van der Waals surface area contributed by atoms with Crippen molar-refractivity contribution in [2.45, 2.75) is 19.1 Å². The van der Waals surface area contributed by atoms with Crippen LogP contribution in [-0.4, -0.2) is 76.3 Å². The van der Waals surface area contributed by atoms with Crippen LogP contribution in [0.5, 0.6) is 0 Å². The van der Waals surface area contributed by atoms with Crippen LogP contribution in [0, 0.1) is 0 Å². The lowest BCUT2D eigenvalue weighted by Gasteiger charge is -2.19. The first-order valence-electron chi connectivity index (χ1n) is 13.2. The molecule has 2 atom stereocenters. The number of aliphatic imine (C=N–C) groups is 2. The van der Waals surface area contributed by atoms with Crippen LogP contribution in [0.25, 0.3) is 43.1 Å². The zero-order valence-corrected chi connectivity index (χ0v) is 23.0. The van der Waals surface area contributed by atoms with E-state index in [4.69, 9.17) is 14.3 Å². The molecule has 0 saturated carbocycles. The Morgan fingerprint density at radius 1 is 0.854 bits per heavy atom. The number of amidine groups is 2. The van der Waals surface area contributed by atoms with Gasteiger partial charge < -0.3 is 35.4 Å². The van der Waals surface area contributed by atoms with Crippen molar-refractivity contribution in [3.8, 4) is 21.2 Å². The van der Waals surface area contributed by atoms with Crippen LogP contribution in [0.15, 0.2) is 75.1 Å². The van der Waals surface area contributed by atoms with Crippen LogP contribution in [0.1, 0.15) is 18.1 Å². The van der Waals surface area contributed by atoms with Crippen LogP contribution >= 0.6 is 11.3 Å². The lowest BCUT2D eigenvalue weighted by atomic mass is 10.1. The molecule has 11 heteroatoms. The Hall–Kier alpha value is -4.45. The maximum atomic E-state index is 9.68. The van der Waals surface area contributed by atoms with Crippen LogP contribution in [0.4, 0.5) is 0 Å². The Morgan fingerprint density at radius 3 is 2.10 bits per heavy atom. The number of nitrogens with zero attached hydrogens (tertiary/aromatic N) is 2. The molecule has 6 N–H and O–H groups in total. The zero-order valence-electron chi connectivity index (χ0n) is 22.2. The SMILES string of the molecule is CC(=O)O.OC1CN=C(c2ccc3cc(-c4ccc(-c5cc6ccc(C7=NCC(O)CN7)cc6o5)s4)[nH]c3c2)NC1. The van der Waals surface area contributed by atoms with Crippen LogP contribution in [0.2, 0.25) is 0 Å². The number of H-pyrrole nitrogens is 1. The Kier molecular flexibility index (Phi) is 7.31. The normalized spacial score (nSPS) is 18.6. The summed E-state index contributed by atoms with van der Waals surface area (Å²) in [6.07, 6.45) is -0.863. The van der Waals surface area contributed by atoms with Gasteiger partial charge in [-0.25, -0.2) is 0 Å². The van der Waals surface area contributed by atoms with E-state index < -0.39 is 18.2 Å². The predicted octanol–water partition coefficient (Wildman–Crippen LogP) is 3.82. The molecule has 0 saturated heterocycles. The molecule has 7 rings (SSSR count). The maximum Gasteiger partial charge on any atom is 0.300 e. The van der Waals surface area contributed by atoms with Crippen LogP contribution in [-0.2, 0) is 4.79 Å². The number of rotatable bonds is 4. The summed E-state index contributed by atoms with van der Waals surface area (Å²) < 4.78 is 6.24. The fourth-order valence-corrected chi connectivity index (χ4v) is 5.70. The van der Waals surface area contributed by atoms with E-state index in [1.807, 2.05) is 18.2 Å². The van der Waals surface area contributed by atoms with E-state index >= 15 is 0 Å². The molecule has 0 bridgehead atoms. The van der Waals surface area contributed by atoms with Crippen molar-refractivity contribution in [1.29, 1.82) is 0 Å². The fraction of sp³-hybridized carbons (Fsp3) is 0.233. The summed E-state index contributed by atoms with van der Waals surface area (Å²) in [4.78, 5) is 23.6. The summed E-state index contributed by atoms with van der Waals surface area (Å²) in [5, 5.41) is 35.3. The number of thiophene rings is 1. The van der Waals surface area contributed by atoms with Crippen LogP contribution < -0.4 is 10.6 Å². The number of hydrogen-bond acceptors (Lipinski definition) is 9. The first-order valence-corrected chi connectivity index (χ1v) is 14.0. The van der Waals surface area contributed by atoms with Gasteiger partial charge in [-0.05, 0) is 36.4 Å². The second kappa shape index (κ2) is 11.2. The summed E-state index contributed by atoms with van der Waals surface area (Å²) >= 11 is 1.68. The number of aliphatic hydroxyl groups excluding tert-OH is 2. The van der Waals surface area contributed by atoms with Gasteiger partial charge in [0.05, 0.1) is 40.7 Å². The number of β-amino-alcohol motifs (C(OH)–C–C–N with tert-alkyl or cyclic N) is 2. The van der Waals surface area contributed by atoms with E-state index in [0.29, 0.717) is 26.2 Å². The first-order chi connectivity index (χ1) is 19.8. The number of aliphatic hydroxyl groups is 2. The van der Waals surface area contributed by atoms with Gasteiger partial charge in [0.1, 0.15) is 23.0 Å². The van der Waals surface area contributed by atoms with E-state index in [9.17, 15) is 10.2 Å². The minimum Gasteiger partial charge on any atom is -0.481 e. The largest absolute Gasteiger partial charge is 0.481 e. The van der Waals surface area contributed by atoms with Gasteiger partial charge >= 0.3 is 0 Å². The molecule has 3 aromatic heterocycles. The van der Waals surface area contributed by atoms with Crippen molar-refractivity contribution in [3.63, 3.8) is 0 Å². The van der Waals surface area contributed by atoms with Crippen molar-refractivity contribution in [2.24, 2.45) is 9.98 Å². The third kappa shape index (κ3) is 5.87. The molecule has 2 aliphatic heterocycles. The van der Waals surface area contributed by atoms with E-state index in [1.165, 1.54) is 0 Å². The first kappa shape index (κ1) is 26.8. The smallest absolute Gasteiger partial charge is 0.300 e. The molecule has 41 heavy (non-hydrogen) atoms. The highest BCUT2D eigenvalue weighted by Crippen LogP contribution is 2.38. The van der Waals surface area contributed by atoms with Gasteiger partial charge in [-0.3, -0.25) is 14.8 Å². The summed E-state index contributed by atoms with van der Waals surface area (Å²) in [6.45, 7) is 2.94. The number of aliphatic carboxylic acids is 1. The minimum atomic E-state index is -0.833. The Bertz CT molecular complexity index is 1670. The molecule has 2 unspecified atom stereocenters. The molecular weight excluding hydrogens is 542 g/mol. The van der Waals surface area contributed by atoms with E-state index in [1.54, 1.807) is 11.3 Å². The van der Waals surface area contributed by atoms with Crippen molar-refractivity contribution in [1.82, 2.24) is 15.6 Å². The second-order valence-electron chi connectivity index (χ2n) is 9.98. The average molecular weight is 572 g/mol. The van der Waals surface area contributed by atoms with Gasteiger partial charge in [-0.2, -0.15) is 0 Å². The van der Waals surface area contributed by atoms with Gasteiger partial charge in [-0.15, -0.1) is 11.3 Å². The lowest BCUT2D eigenvalue weighted by Crippen LogP contribution is -2.39. The number of aromatic amines is 1. The highest BCUT2D eigenvalue weighted by atomic mass is 32.1. The molecule has 2 aliphatic rings. The van der Waals surface area contributed by atoms with Crippen molar-refractivity contribution in [2.75, 3.05) is 26.2 Å². The van der Waals surface area contributed by atoms with Gasteiger partial charge in [0.25, 0.3) is 5.97 Å².